The van der Waals surface area contributed by atoms with Crippen LogP contribution in [0.25, 0.3) is 0 Å². The highest BCUT2D eigenvalue weighted by Crippen LogP contribution is 2.14. The van der Waals surface area contributed by atoms with Crippen molar-refractivity contribution in [2.75, 3.05) is 13.1 Å². The maximum Gasteiger partial charge on any atom is 0.253 e. The summed E-state index contributed by atoms with van der Waals surface area (Å²) in [6.45, 7) is 1.92. The van der Waals surface area contributed by atoms with Gasteiger partial charge in [0.25, 0.3) is 5.91 Å². The number of likely N-dealkylation sites (tertiary alicyclic amines) is 1. The van der Waals surface area contributed by atoms with Crippen LogP contribution in [0, 0.1) is 0 Å². The summed E-state index contributed by atoms with van der Waals surface area (Å²) in [7, 11) is 0. The molecule has 1 saturated heterocycles. The summed E-state index contributed by atoms with van der Waals surface area (Å²) in [5, 5.41) is 9.66. The van der Waals surface area contributed by atoms with E-state index in [0.717, 1.165) is 31.5 Å². The molecule has 1 aliphatic rings. The highest BCUT2D eigenvalue weighted by Gasteiger charge is 2.22. The third-order valence-electron chi connectivity index (χ3n) is 3.81. The molecular weight excluding hydrogens is 266 g/mol. The zero-order valence-corrected chi connectivity index (χ0v) is 11.9. The Morgan fingerprint density at radius 2 is 2.14 bits per heavy atom. The monoisotopic (exact) mass is 285 g/mol. The van der Waals surface area contributed by atoms with Crippen LogP contribution in [-0.2, 0) is 6.54 Å². The molecule has 2 aromatic rings. The summed E-state index contributed by atoms with van der Waals surface area (Å²) in [5.41, 5.74) is 1.81. The van der Waals surface area contributed by atoms with E-state index in [9.17, 15) is 9.90 Å². The molecule has 21 heavy (non-hydrogen) atoms. The number of β-amino-alcohol motifs (C(OH)–C–C–N with tert-alkyl or cyclic N) is 1. The number of nitrogens with zero attached hydrogens (tertiary/aromatic N) is 3. The first-order valence-electron chi connectivity index (χ1n) is 7.24. The lowest BCUT2D eigenvalue weighted by molar-refractivity contribution is 0.0474. The van der Waals surface area contributed by atoms with Gasteiger partial charge in [-0.3, -0.25) is 4.79 Å². The molecule has 1 atom stereocenters. The number of piperidine rings is 1. The van der Waals surface area contributed by atoms with Gasteiger partial charge in [0.05, 0.1) is 12.4 Å². The fraction of sp³-hybridized carbons (Fsp3) is 0.375. The van der Waals surface area contributed by atoms with Crippen molar-refractivity contribution in [2.24, 2.45) is 0 Å². The number of carbonyl (C=O) groups is 1. The summed E-state index contributed by atoms with van der Waals surface area (Å²) >= 11 is 0. The normalized spacial score (nSPS) is 18.7. The van der Waals surface area contributed by atoms with Crippen LogP contribution in [0.1, 0.15) is 28.8 Å². The minimum Gasteiger partial charge on any atom is -0.391 e. The second-order valence-corrected chi connectivity index (χ2v) is 5.48. The van der Waals surface area contributed by atoms with E-state index in [4.69, 9.17) is 0 Å². The average Bonchev–Trinajstić information content (AvgIpc) is 3.00. The quantitative estimate of drug-likeness (QED) is 0.930. The molecule has 1 unspecified atom stereocenters. The second-order valence-electron chi connectivity index (χ2n) is 5.48. The molecule has 0 saturated carbocycles. The third kappa shape index (κ3) is 3.31. The fourth-order valence-electron chi connectivity index (χ4n) is 2.67. The van der Waals surface area contributed by atoms with E-state index < -0.39 is 0 Å². The van der Waals surface area contributed by atoms with E-state index >= 15 is 0 Å². The Balaban J connectivity index is 1.67. The van der Waals surface area contributed by atoms with Gasteiger partial charge in [0.1, 0.15) is 0 Å². The van der Waals surface area contributed by atoms with Crippen molar-refractivity contribution in [3.8, 4) is 0 Å². The van der Waals surface area contributed by atoms with Crippen LogP contribution in [0.4, 0.5) is 0 Å². The van der Waals surface area contributed by atoms with Gasteiger partial charge in [0, 0.05) is 37.6 Å². The summed E-state index contributed by atoms with van der Waals surface area (Å²) in [6, 6.07) is 7.65. The fourth-order valence-corrected chi connectivity index (χ4v) is 2.67. The summed E-state index contributed by atoms with van der Waals surface area (Å²) in [6.07, 6.45) is 6.70. The van der Waals surface area contributed by atoms with Gasteiger partial charge in [0.15, 0.2) is 0 Å². The molecular formula is C16H19N3O2. The van der Waals surface area contributed by atoms with E-state index in [0.29, 0.717) is 12.1 Å². The topological polar surface area (TPSA) is 58.4 Å². The highest BCUT2D eigenvalue weighted by molar-refractivity contribution is 5.94. The van der Waals surface area contributed by atoms with Crippen LogP contribution in [0.15, 0.2) is 43.0 Å². The molecule has 0 bridgehead atoms. The molecule has 0 spiro atoms. The number of aliphatic hydroxyl groups excluding tert-OH is 1. The van der Waals surface area contributed by atoms with Crippen LogP contribution < -0.4 is 0 Å². The van der Waals surface area contributed by atoms with E-state index in [1.54, 1.807) is 17.4 Å². The van der Waals surface area contributed by atoms with Crippen LogP contribution >= 0.6 is 0 Å². The number of carbonyl (C=O) groups excluding carboxylic acids is 1. The minimum atomic E-state index is -0.386. The standard InChI is InChI=1S/C16H19N3O2/c20-15-2-1-8-19(11-15)16(21)14-5-3-13(4-6-14)10-18-9-7-17-12-18/h3-7,9,12,15,20H,1-2,8,10-11H2. The zero-order chi connectivity index (χ0) is 14.7. The Morgan fingerprint density at radius 3 is 2.81 bits per heavy atom. The van der Waals surface area contributed by atoms with Gasteiger partial charge in [-0.05, 0) is 30.5 Å². The Morgan fingerprint density at radius 1 is 1.33 bits per heavy atom. The van der Waals surface area contributed by atoms with E-state index in [2.05, 4.69) is 4.98 Å². The lowest BCUT2D eigenvalue weighted by Crippen LogP contribution is -2.42. The molecule has 1 N–H and O–H groups in total. The van der Waals surface area contributed by atoms with Crippen molar-refractivity contribution < 1.29 is 9.90 Å². The lowest BCUT2D eigenvalue weighted by Gasteiger charge is -2.30. The number of benzene rings is 1. The van der Waals surface area contributed by atoms with E-state index in [1.807, 2.05) is 35.0 Å². The van der Waals surface area contributed by atoms with Crippen LogP contribution in [-0.4, -0.2) is 44.7 Å². The first kappa shape index (κ1) is 13.8. The smallest absolute Gasteiger partial charge is 0.253 e. The molecule has 1 aromatic heterocycles. The lowest BCUT2D eigenvalue weighted by atomic mass is 10.1. The molecule has 5 heteroatoms. The van der Waals surface area contributed by atoms with E-state index in [-0.39, 0.29) is 12.0 Å². The zero-order valence-electron chi connectivity index (χ0n) is 11.9. The summed E-state index contributed by atoms with van der Waals surface area (Å²) in [4.78, 5) is 18.1. The predicted molar refractivity (Wildman–Crippen MR) is 78.9 cm³/mol. The van der Waals surface area contributed by atoms with Crippen LogP contribution in [0.2, 0.25) is 0 Å². The highest BCUT2D eigenvalue weighted by atomic mass is 16.3. The third-order valence-corrected chi connectivity index (χ3v) is 3.81. The second kappa shape index (κ2) is 6.10. The van der Waals surface area contributed by atoms with Crippen molar-refractivity contribution >= 4 is 5.91 Å². The van der Waals surface area contributed by atoms with Crippen molar-refractivity contribution in [1.82, 2.24) is 14.5 Å². The first-order chi connectivity index (χ1) is 10.2. The molecule has 1 aromatic carbocycles. The Labute approximate surface area is 123 Å². The van der Waals surface area contributed by atoms with Gasteiger partial charge in [-0.15, -0.1) is 0 Å². The van der Waals surface area contributed by atoms with Crippen molar-refractivity contribution in [3.05, 3.63) is 54.1 Å². The number of rotatable bonds is 3. The molecule has 0 radical (unpaired) electrons. The van der Waals surface area contributed by atoms with Gasteiger partial charge in [-0.2, -0.15) is 0 Å². The van der Waals surface area contributed by atoms with Crippen molar-refractivity contribution in [3.63, 3.8) is 0 Å². The van der Waals surface area contributed by atoms with Gasteiger partial charge >= 0.3 is 0 Å². The predicted octanol–water partition coefficient (Wildman–Crippen LogP) is 1.53. The van der Waals surface area contributed by atoms with Crippen molar-refractivity contribution in [1.29, 1.82) is 0 Å². The van der Waals surface area contributed by atoms with Crippen LogP contribution in [0.5, 0.6) is 0 Å². The Hall–Kier alpha value is -2.14. The average molecular weight is 285 g/mol. The molecule has 1 aliphatic heterocycles. The maximum atomic E-state index is 12.4. The number of amides is 1. The number of imidazole rings is 1. The molecule has 1 amide bonds. The van der Waals surface area contributed by atoms with Gasteiger partial charge in [-0.25, -0.2) is 4.98 Å². The largest absolute Gasteiger partial charge is 0.391 e. The minimum absolute atomic E-state index is 0.00271. The number of aromatic nitrogens is 2. The Bertz CT molecular complexity index is 592. The number of aliphatic hydroxyl groups is 1. The van der Waals surface area contributed by atoms with Gasteiger partial charge in [0.2, 0.25) is 0 Å². The Kier molecular flexibility index (Phi) is 4.01. The summed E-state index contributed by atoms with van der Waals surface area (Å²) < 4.78 is 1.98. The number of hydrogen-bond acceptors (Lipinski definition) is 3. The SMILES string of the molecule is O=C(c1ccc(Cn2ccnc2)cc1)N1CCCC(O)C1. The van der Waals surface area contributed by atoms with Crippen LogP contribution in [0.3, 0.4) is 0 Å². The van der Waals surface area contributed by atoms with E-state index in [1.165, 1.54) is 0 Å². The molecule has 0 aliphatic carbocycles. The molecule has 3 rings (SSSR count). The first-order valence-corrected chi connectivity index (χ1v) is 7.24. The van der Waals surface area contributed by atoms with Gasteiger partial charge < -0.3 is 14.6 Å². The maximum absolute atomic E-state index is 12.4. The van der Waals surface area contributed by atoms with Crippen molar-refractivity contribution in [2.45, 2.75) is 25.5 Å². The molecule has 2 heterocycles. The summed E-state index contributed by atoms with van der Waals surface area (Å²) in [5.74, 6) is 0.00271. The molecule has 1 fully saturated rings. The van der Waals surface area contributed by atoms with Gasteiger partial charge in [-0.1, -0.05) is 12.1 Å². The number of hydrogen-bond donors (Lipinski definition) is 1. The molecule has 110 valence electrons. The molecule has 5 nitrogen and oxygen atoms in total.